The molecule has 1 aliphatic rings. The SMILES string of the molecule is CCC(=O)c1ccc(N2CCN(Sc3ccc(N)nc3)CC2)cc1. The number of benzene rings is 1. The highest BCUT2D eigenvalue weighted by molar-refractivity contribution is 7.97. The molecule has 1 saturated heterocycles. The van der Waals surface area contributed by atoms with Crippen molar-refractivity contribution in [2.24, 2.45) is 0 Å². The Morgan fingerprint density at radius 1 is 1.12 bits per heavy atom. The molecule has 0 saturated carbocycles. The minimum Gasteiger partial charge on any atom is -0.384 e. The van der Waals surface area contributed by atoms with Gasteiger partial charge < -0.3 is 10.6 Å². The molecule has 0 unspecified atom stereocenters. The van der Waals surface area contributed by atoms with Crippen LogP contribution in [-0.4, -0.2) is 41.3 Å². The largest absolute Gasteiger partial charge is 0.384 e. The van der Waals surface area contributed by atoms with Crippen molar-refractivity contribution in [1.29, 1.82) is 0 Å². The third-order valence-corrected chi connectivity index (χ3v) is 5.18. The van der Waals surface area contributed by atoms with Gasteiger partial charge in [0.15, 0.2) is 5.78 Å². The molecule has 0 amide bonds. The molecular formula is C18H22N4OS. The Morgan fingerprint density at radius 3 is 2.42 bits per heavy atom. The fraction of sp³-hybridized carbons (Fsp3) is 0.333. The van der Waals surface area contributed by atoms with Crippen molar-refractivity contribution in [2.45, 2.75) is 18.2 Å². The summed E-state index contributed by atoms with van der Waals surface area (Å²) in [5.74, 6) is 0.744. The van der Waals surface area contributed by atoms with Crippen LogP contribution in [0.15, 0.2) is 47.5 Å². The monoisotopic (exact) mass is 342 g/mol. The van der Waals surface area contributed by atoms with E-state index in [0.29, 0.717) is 12.2 Å². The number of nitrogen functional groups attached to an aromatic ring is 1. The van der Waals surface area contributed by atoms with Crippen LogP contribution in [0.3, 0.4) is 0 Å². The normalized spacial score (nSPS) is 15.5. The summed E-state index contributed by atoms with van der Waals surface area (Å²) < 4.78 is 2.35. The van der Waals surface area contributed by atoms with E-state index in [-0.39, 0.29) is 5.78 Å². The zero-order valence-corrected chi connectivity index (χ0v) is 14.6. The maximum atomic E-state index is 11.7. The van der Waals surface area contributed by atoms with E-state index in [1.807, 2.05) is 37.4 Å². The number of anilines is 2. The number of hydrogen-bond donors (Lipinski definition) is 1. The Kier molecular flexibility index (Phi) is 5.37. The Labute approximate surface area is 147 Å². The van der Waals surface area contributed by atoms with Gasteiger partial charge in [-0.05, 0) is 48.3 Å². The van der Waals surface area contributed by atoms with Crippen molar-refractivity contribution < 1.29 is 4.79 Å². The number of rotatable bonds is 5. The molecule has 5 nitrogen and oxygen atoms in total. The second-order valence-corrected chi connectivity index (χ2v) is 6.92. The standard InChI is InChI=1S/C18H22N4OS/c1-2-17(23)14-3-5-15(6-4-14)21-9-11-22(12-10-21)24-16-7-8-18(19)20-13-16/h3-8,13H,2,9-12H2,1H3,(H2,19,20). The molecule has 0 spiro atoms. The molecule has 2 N–H and O–H groups in total. The molecule has 1 aromatic heterocycles. The fourth-order valence-electron chi connectivity index (χ4n) is 2.69. The van der Waals surface area contributed by atoms with E-state index in [1.54, 1.807) is 11.9 Å². The van der Waals surface area contributed by atoms with Crippen molar-refractivity contribution in [1.82, 2.24) is 9.29 Å². The minimum atomic E-state index is 0.194. The predicted molar refractivity (Wildman–Crippen MR) is 99.4 cm³/mol. The van der Waals surface area contributed by atoms with Gasteiger partial charge >= 0.3 is 0 Å². The highest BCUT2D eigenvalue weighted by Crippen LogP contribution is 2.25. The van der Waals surface area contributed by atoms with Gasteiger partial charge in [-0.2, -0.15) is 0 Å². The van der Waals surface area contributed by atoms with Crippen LogP contribution in [0.25, 0.3) is 0 Å². The molecule has 126 valence electrons. The number of aromatic nitrogens is 1. The molecule has 1 aliphatic heterocycles. The maximum absolute atomic E-state index is 11.7. The molecule has 0 atom stereocenters. The van der Waals surface area contributed by atoms with Gasteiger partial charge in [-0.25, -0.2) is 9.29 Å². The molecule has 1 fully saturated rings. The van der Waals surface area contributed by atoms with Crippen molar-refractivity contribution in [3.63, 3.8) is 0 Å². The summed E-state index contributed by atoms with van der Waals surface area (Å²) in [5.41, 5.74) is 7.60. The average Bonchev–Trinajstić information content (AvgIpc) is 2.64. The summed E-state index contributed by atoms with van der Waals surface area (Å²) in [5, 5.41) is 0. The molecule has 2 heterocycles. The number of piperazine rings is 1. The van der Waals surface area contributed by atoms with Crippen molar-refractivity contribution >= 4 is 29.2 Å². The lowest BCUT2D eigenvalue weighted by molar-refractivity contribution is 0.0988. The fourth-order valence-corrected chi connectivity index (χ4v) is 3.57. The lowest BCUT2D eigenvalue weighted by Crippen LogP contribution is -2.43. The van der Waals surface area contributed by atoms with E-state index in [9.17, 15) is 4.79 Å². The van der Waals surface area contributed by atoms with Crippen LogP contribution in [0.5, 0.6) is 0 Å². The van der Waals surface area contributed by atoms with E-state index in [1.165, 1.54) is 5.69 Å². The Balaban J connectivity index is 1.54. The van der Waals surface area contributed by atoms with E-state index in [0.717, 1.165) is 36.6 Å². The number of ketones is 1. The third kappa shape index (κ3) is 4.07. The van der Waals surface area contributed by atoms with Gasteiger partial charge in [-0.3, -0.25) is 4.79 Å². The molecule has 0 radical (unpaired) electrons. The van der Waals surface area contributed by atoms with Crippen LogP contribution in [0.1, 0.15) is 23.7 Å². The smallest absolute Gasteiger partial charge is 0.162 e. The molecule has 0 aliphatic carbocycles. The number of hydrogen-bond acceptors (Lipinski definition) is 6. The second kappa shape index (κ2) is 7.68. The van der Waals surface area contributed by atoms with Crippen molar-refractivity contribution in [2.75, 3.05) is 36.8 Å². The molecule has 0 bridgehead atoms. The molecule has 2 aromatic rings. The summed E-state index contributed by atoms with van der Waals surface area (Å²) >= 11 is 1.72. The Morgan fingerprint density at radius 2 is 1.83 bits per heavy atom. The van der Waals surface area contributed by atoms with Gasteiger partial charge in [0.05, 0.1) is 0 Å². The van der Waals surface area contributed by atoms with Gasteiger partial charge in [-0.15, -0.1) is 0 Å². The first-order valence-electron chi connectivity index (χ1n) is 8.18. The first-order valence-corrected chi connectivity index (χ1v) is 8.95. The van der Waals surface area contributed by atoms with Crippen LogP contribution in [-0.2, 0) is 0 Å². The van der Waals surface area contributed by atoms with Crippen molar-refractivity contribution in [3.8, 4) is 0 Å². The van der Waals surface area contributed by atoms with Crippen molar-refractivity contribution in [3.05, 3.63) is 48.2 Å². The van der Waals surface area contributed by atoms with Crippen LogP contribution in [0.4, 0.5) is 11.5 Å². The van der Waals surface area contributed by atoms with Gasteiger partial charge in [0.2, 0.25) is 0 Å². The molecule has 1 aromatic carbocycles. The number of carbonyl (C=O) groups is 1. The number of Topliss-reactive ketones (excluding diaryl/α,β-unsaturated/α-hetero) is 1. The van der Waals surface area contributed by atoms with E-state index in [2.05, 4.69) is 26.3 Å². The summed E-state index contributed by atoms with van der Waals surface area (Å²) in [6.45, 7) is 5.78. The van der Waals surface area contributed by atoms with E-state index in [4.69, 9.17) is 5.73 Å². The van der Waals surface area contributed by atoms with E-state index < -0.39 is 0 Å². The number of carbonyl (C=O) groups excluding carboxylic acids is 1. The topological polar surface area (TPSA) is 62.5 Å². The second-order valence-electron chi connectivity index (χ2n) is 5.75. The molecule has 24 heavy (non-hydrogen) atoms. The number of nitrogens with two attached hydrogens (primary N) is 1. The van der Waals surface area contributed by atoms with Gasteiger partial charge in [0.1, 0.15) is 5.82 Å². The molecular weight excluding hydrogens is 320 g/mol. The van der Waals surface area contributed by atoms with Crippen LogP contribution in [0, 0.1) is 0 Å². The summed E-state index contributed by atoms with van der Waals surface area (Å²) in [4.78, 5) is 19.3. The quantitative estimate of drug-likeness (QED) is 0.665. The molecule has 3 rings (SSSR count). The highest BCUT2D eigenvalue weighted by Gasteiger charge is 2.18. The summed E-state index contributed by atoms with van der Waals surface area (Å²) in [6, 6.07) is 11.8. The highest BCUT2D eigenvalue weighted by atomic mass is 32.2. The Bertz CT molecular complexity index is 679. The van der Waals surface area contributed by atoms with E-state index >= 15 is 0 Å². The Hall–Kier alpha value is -2.05. The first-order chi connectivity index (χ1) is 11.7. The third-order valence-electron chi connectivity index (χ3n) is 4.11. The summed E-state index contributed by atoms with van der Waals surface area (Å²) in [6.07, 6.45) is 2.37. The summed E-state index contributed by atoms with van der Waals surface area (Å²) in [7, 11) is 0. The lowest BCUT2D eigenvalue weighted by Gasteiger charge is -2.35. The minimum absolute atomic E-state index is 0.194. The van der Waals surface area contributed by atoms with Gasteiger partial charge in [0, 0.05) is 54.9 Å². The van der Waals surface area contributed by atoms with Crippen LogP contribution >= 0.6 is 11.9 Å². The average molecular weight is 342 g/mol. The van der Waals surface area contributed by atoms with Gasteiger partial charge in [-0.1, -0.05) is 6.92 Å². The number of pyridine rings is 1. The number of nitrogens with zero attached hydrogens (tertiary/aromatic N) is 3. The zero-order chi connectivity index (χ0) is 16.9. The maximum Gasteiger partial charge on any atom is 0.162 e. The van der Waals surface area contributed by atoms with Crippen LogP contribution < -0.4 is 10.6 Å². The van der Waals surface area contributed by atoms with Gasteiger partial charge in [0.25, 0.3) is 0 Å². The zero-order valence-electron chi connectivity index (χ0n) is 13.8. The lowest BCUT2D eigenvalue weighted by atomic mass is 10.1. The molecule has 6 heteroatoms. The predicted octanol–water partition coefficient (Wildman–Crippen LogP) is 3.09. The van der Waals surface area contributed by atoms with Crippen LogP contribution in [0.2, 0.25) is 0 Å². The first kappa shape index (κ1) is 16.8.